The standard InChI is InChI=1S/C20H24N6O5S/c1-13-6-7-14(31-13)12-21-18-19(24-32(29,30)23-18)22-16-5-3-4-15(17(16)27)20(28)26-10-8-25(2)9-11-26/h3-7,27H,8-12H2,1-2H3,(H,21,23)(H,22,24). The van der Waals surface area contributed by atoms with Crippen LogP contribution in [0.1, 0.15) is 21.9 Å². The molecule has 0 atom stereocenters. The van der Waals surface area contributed by atoms with Crippen LogP contribution in [-0.4, -0.2) is 74.1 Å². The highest BCUT2D eigenvalue weighted by Crippen LogP contribution is 2.29. The molecule has 0 bridgehead atoms. The Morgan fingerprint density at radius 3 is 2.69 bits per heavy atom. The number of aromatic hydroxyl groups is 1. The number of aliphatic imine (C=N–C) groups is 1. The van der Waals surface area contributed by atoms with Crippen molar-refractivity contribution in [2.24, 2.45) is 9.39 Å². The summed E-state index contributed by atoms with van der Waals surface area (Å²) in [6.07, 6.45) is 0. The second-order valence-electron chi connectivity index (χ2n) is 7.62. The molecule has 2 aliphatic heterocycles. The predicted octanol–water partition coefficient (Wildman–Crippen LogP) is 0.938. The minimum atomic E-state index is -3.97. The van der Waals surface area contributed by atoms with Crippen molar-refractivity contribution in [2.45, 2.75) is 13.5 Å². The summed E-state index contributed by atoms with van der Waals surface area (Å²) < 4.78 is 35.3. The molecule has 1 aromatic heterocycles. The first-order valence-electron chi connectivity index (χ1n) is 10.0. The number of para-hydroxylation sites is 1. The first kappa shape index (κ1) is 21.8. The number of phenolic OH excluding ortho intramolecular Hbond substituents is 1. The Morgan fingerprint density at radius 1 is 1.25 bits per heavy atom. The number of amidine groups is 2. The molecule has 3 N–H and O–H groups in total. The van der Waals surface area contributed by atoms with E-state index in [9.17, 15) is 18.3 Å². The fourth-order valence-corrected chi connectivity index (χ4v) is 4.22. The fraction of sp³-hybridized carbons (Fsp3) is 0.350. The van der Waals surface area contributed by atoms with Crippen LogP contribution in [-0.2, 0) is 16.8 Å². The number of aryl methyl sites for hydroxylation is 1. The highest BCUT2D eigenvalue weighted by molar-refractivity contribution is 7.89. The van der Waals surface area contributed by atoms with Gasteiger partial charge >= 0.3 is 10.2 Å². The lowest BCUT2D eigenvalue weighted by atomic mass is 10.1. The summed E-state index contributed by atoms with van der Waals surface area (Å²) in [4.78, 5) is 20.9. The van der Waals surface area contributed by atoms with Gasteiger partial charge in [0.15, 0.2) is 17.4 Å². The van der Waals surface area contributed by atoms with Crippen LogP contribution >= 0.6 is 0 Å². The highest BCUT2D eigenvalue weighted by Gasteiger charge is 2.28. The number of anilines is 1. The Bertz CT molecular complexity index is 1190. The number of benzene rings is 1. The molecule has 1 amide bonds. The van der Waals surface area contributed by atoms with Crippen molar-refractivity contribution in [3.05, 3.63) is 47.4 Å². The van der Waals surface area contributed by atoms with Crippen molar-refractivity contribution < 1.29 is 22.7 Å². The van der Waals surface area contributed by atoms with E-state index < -0.39 is 10.2 Å². The molecule has 0 unspecified atom stereocenters. The molecule has 0 radical (unpaired) electrons. The van der Waals surface area contributed by atoms with E-state index in [1.807, 2.05) is 7.05 Å². The Labute approximate surface area is 185 Å². The maximum atomic E-state index is 12.9. The van der Waals surface area contributed by atoms with Gasteiger partial charge in [-0.25, -0.2) is 4.72 Å². The average molecular weight is 461 g/mol. The Morgan fingerprint density at radius 2 is 2.00 bits per heavy atom. The number of rotatable bonds is 4. The minimum Gasteiger partial charge on any atom is -0.505 e. The van der Waals surface area contributed by atoms with Crippen molar-refractivity contribution in [1.29, 1.82) is 0 Å². The molecule has 2 aromatic rings. The summed E-state index contributed by atoms with van der Waals surface area (Å²) in [7, 11) is -1.99. The van der Waals surface area contributed by atoms with E-state index in [2.05, 4.69) is 24.3 Å². The molecule has 0 aliphatic carbocycles. The number of amides is 1. The minimum absolute atomic E-state index is 0.0192. The summed E-state index contributed by atoms with van der Waals surface area (Å²) in [6.45, 7) is 4.51. The third-order valence-corrected chi connectivity index (χ3v) is 6.03. The smallest absolute Gasteiger partial charge is 0.345 e. The second-order valence-corrected chi connectivity index (χ2v) is 8.95. The van der Waals surface area contributed by atoms with Crippen molar-refractivity contribution >= 4 is 33.5 Å². The number of nitrogens with one attached hydrogen (secondary N) is 2. The Kier molecular flexibility index (Phi) is 5.89. The van der Waals surface area contributed by atoms with E-state index in [-0.39, 0.29) is 41.1 Å². The molecule has 4 rings (SSSR count). The SMILES string of the molecule is Cc1ccc(CN=C2NS(=O)(=O)N=C2Nc2cccc(C(=O)N3CCN(C)CC3)c2O)o1. The zero-order valence-electron chi connectivity index (χ0n) is 17.7. The largest absolute Gasteiger partial charge is 0.505 e. The van der Waals surface area contributed by atoms with E-state index in [4.69, 9.17) is 4.42 Å². The summed E-state index contributed by atoms with van der Waals surface area (Å²) in [6, 6.07) is 8.18. The molecule has 12 heteroatoms. The van der Waals surface area contributed by atoms with Gasteiger partial charge in [0.05, 0.1) is 17.8 Å². The van der Waals surface area contributed by atoms with Crippen LogP contribution in [0.5, 0.6) is 5.75 Å². The number of carbonyl (C=O) groups is 1. The normalized spacial score (nSPS) is 19.6. The second kappa shape index (κ2) is 8.63. The fourth-order valence-electron chi connectivity index (χ4n) is 3.40. The quantitative estimate of drug-likeness (QED) is 0.577. The first-order chi connectivity index (χ1) is 15.2. The van der Waals surface area contributed by atoms with Gasteiger partial charge in [0.2, 0.25) is 0 Å². The monoisotopic (exact) mass is 460 g/mol. The van der Waals surface area contributed by atoms with Gasteiger partial charge in [-0.15, -0.1) is 4.40 Å². The van der Waals surface area contributed by atoms with E-state index in [1.165, 1.54) is 12.1 Å². The topological polar surface area (TPSA) is 140 Å². The van der Waals surface area contributed by atoms with Crippen LogP contribution in [0.2, 0.25) is 0 Å². The van der Waals surface area contributed by atoms with Gasteiger partial charge in [0.25, 0.3) is 5.91 Å². The molecular weight excluding hydrogens is 436 g/mol. The lowest BCUT2D eigenvalue weighted by molar-refractivity contribution is 0.0661. The van der Waals surface area contributed by atoms with Gasteiger partial charge in [-0.3, -0.25) is 9.79 Å². The molecule has 11 nitrogen and oxygen atoms in total. The molecule has 3 heterocycles. The highest BCUT2D eigenvalue weighted by atomic mass is 32.2. The summed E-state index contributed by atoms with van der Waals surface area (Å²) in [5.41, 5.74) is 0.266. The summed E-state index contributed by atoms with van der Waals surface area (Å²) in [5.74, 6) is 0.584. The molecule has 1 fully saturated rings. The number of likely N-dealkylation sites (N-methyl/N-ethyl adjacent to an activating group) is 1. The van der Waals surface area contributed by atoms with E-state index in [1.54, 1.807) is 30.0 Å². The third kappa shape index (κ3) is 4.75. The average Bonchev–Trinajstić information content (AvgIpc) is 3.29. The number of hydrogen-bond acceptors (Lipinski definition) is 8. The number of phenols is 1. The van der Waals surface area contributed by atoms with E-state index >= 15 is 0 Å². The van der Waals surface area contributed by atoms with Crippen LogP contribution in [0.25, 0.3) is 0 Å². The number of piperazine rings is 1. The zero-order chi connectivity index (χ0) is 22.9. The number of carbonyl (C=O) groups excluding carboxylic acids is 1. The van der Waals surface area contributed by atoms with Crippen LogP contribution in [0.4, 0.5) is 5.69 Å². The third-order valence-electron chi connectivity index (χ3n) is 5.16. The summed E-state index contributed by atoms with van der Waals surface area (Å²) >= 11 is 0. The number of furan rings is 1. The lowest BCUT2D eigenvalue weighted by Gasteiger charge is -2.32. The predicted molar refractivity (Wildman–Crippen MR) is 119 cm³/mol. The Hall–Kier alpha value is -3.38. The van der Waals surface area contributed by atoms with Gasteiger partial charge in [0.1, 0.15) is 11.5 Å². The van der Waals surface area contributed by atoms with E-state index in [0.29, 0.717) is 24.6 Å². The van der Waals surface area contributed by atoms with Crippen molar-refractivity contribution in [3.63, 3.8) is 0 Å². The van der Waals surface area contributed by atoms with Crippen LogP contribution < -0.4 is 10.0 Å². The maximum absolute atomic E-state index is 12.9. The molecule has 0 saturated carbocycles. The first-order valence-corrected chi connectivity index (χ1v) is 11.5. The molecule has 1 saturated heterocycles. The van der Waals surface area contributed by atoms with Crippen LogP contribution in [0.15, 0.2) is 44.1 Å². The summed E-state index contributed by atoms with van der Waals surface area (Å²) in [5, 5.41) is 13.5. The van der Waals surface area contributed by atoms with Crippen LogP contribution in [0.3, 0.4) is 0 Å². The van der Waals surface area contributed by atoms with Gasteiger partial charge in [-0.1, -0.05) is 6.07 Å². The molecule has 1 aromatic carbocycles. The lowest BCUT2D eigenvalue weighted by Crippen LogP contribution is -2.47. The zero-order valence-corrected chi connectivity index (χ0v) is 18.5. The van der Waals surface area contributed by atoms with Gasteiger partial charge in [-0.05, 0) is 38.2 Å². The van der Waals surface area contributed by atoms with Gasteiger partial charge in [0, 0.05) is 26.2 Å². The van der Waals surface area contributed by atoms with Crippen LogP contribution in [0, 0.1) is 6.92 Å². The van der Waals surface area contributed by atoms with Crippen molar-refractivity contribution in [3.8, 4) is 5.75 Å². The van der Waals surface area contributed by atoms with Gasteiger partial charge < -0.3 is 24.6 Å². The van der Waals surface area contributed by atoms with Crippen molar-refractivity contribution in [2.75, 3.05) is 38.5 Å². The molecular formula is C20H24N6O5S. The molecule has 2 aliphatic rings. The maximum Gasteiger partial charge on any atom is 0.345 e. The molecule has 32 heavy (non-hydrogen) atoms. The van der Waals surface area contributed by atoms with Gasteiger partial charge in [-0.2, -0.15) is 8.42 Å². The molecule has 0 spiro atoms. The van der Waals surface area contributed by atoms with E-state index in [0.717, 1.165) is 13.1 Å². The Balaban J connectivity index is 1.55. The molecule has 170 valence electrons. The van der Waals surface area contributed by atoms with Crippen molar-refractivity contribution in [1.82, 2.24) is 14.5 Å². The number of nitrogens with zero attached hydrogens (tertiary/aromatic N) is 4. The number of hydrogen-bond donors (Lipinski definition) is 3.